The van der Waals surface area contributed by atoms with Gasteiger partial charge in [-0.05, 0) is 25.8 Å². The molecular weight excluding hydrogens is 374 g/mol. The van der Waals surface area contributed by atoms with Gasteiger partial charge in [-0.2, -0.15) is 0 Å². The molecule has 1 saturated heterocycles. The second kappa shape index (κ2) is 8.14. The van der Waals surface area contributed by atoms with Gasteiger partial charge < -0.3 is 14.1 Å². The van der Waals surface area contributed by atoms with Crippen LogP contribution in [0.15, 0.2) is 40.4 Å². The first-order valence-electron chi connectivity index (χ1n) is 9.41. The molecule has 4 rings (SSSR count). The molecule has 0 saturated carbocycles. The Morgan fingerprint density at radius 1 is 1.36 bits per heavy atom. The largest absolute Gasteiger partial charge is 0.496 e. The van der Waals surface area contributed by atoms with E-state index in [9.17, 15) is 4.79 Å². The average Bonchev–Trinajstić information content (AvgIpc) is 3.37. The fourth-order valence-corrected chi connectivity index (χ4v) is 4.41. The Kier molecular flexibility index (Phi) is 5.43. The van der Waals surface area contributed by atoms with Crippen LogP contribution in [-0.2, 0) is 6.42 Å². The zero-order chi connectivity index (χ0) is 19.5. The lowest BCUT2D eigenvalue weighted by molar-refractivity contribution is 0.0702. The first-order chi connectivity index (χ1) is 13.7. The van der Waals surface area contributed by atoms with Crippen molar-refractivity contribution in [2.75, 3.05) is 20.2 Å². The molecule has 3 heterocycles. The number of aryl methyl sites for hydroxylation is 1. The van der Waals surface area contributed by atoms with E-state index in [4.69, 9.17) is 9.15 Å². The number of piperidine rings is 1. The summed E-state index contributed by atoms with van der Waals surface area (Å²) in [6.45, 7) is 3.27. The van der Waals surface area contributed by atoms with E-state index >= 15 is 0 Å². The lowest BCUT2D eigenvalue weighted by Crippen LogP contribution is -2.39. The Labute approximate surface area is 168 Å². The molecule has 1 aliphatic heterocycles. The second-order valence-electron chi connectivity index (χ2n) is 7.01. The van der Waals surface area contributed by atoms with Crippen LogP contribution in [0.2, 0.25) is 0 Å². The summed E-state index contributed by atoms with van der Waals surface area (Å²) in [7, 11) is 1.67. The number of hydrogen-bond acceptors (Lipinski definition) is 6. The molecule has 0 spiro atoms. The van der Waals surface area contributed by atoms with E-state index in [-0.39, 0.29) is 11.8 Å². The van der Waals surface area contributed by atoms with Crippen LogP contribution in [0.5, 0.6) is 5.75 Å². The minimum absolute atomic E-state index is 0.0606. The molecular formula is C21H23N3O3S. The third-order valence-corrected chi connectivity index (χ3v) is 6.04. The summed E-state index contributed by atoms with van der Waals surface area (Å²) in [5.74, 6) is 2.54. The van der Waals surface area contributed by atoms with Gasteiger partial charge in [-0.25, -0.2) is 9.97 Å². The highest BCUT2D eigenvalue weighted by atomic mass is 32.1. The number of thiazole rings is 1. The number of methoxy groups -OCH3 is 1. The summed E-state index contributed by atoms with van der Waals surface area (Å²) in [5, 5.41) is 0. The van der Waals surface area contributed by atoms with Gasteiger partial charge >= 0.3 is 0 Å². The Balaban J connectivity index is 1.46. The van der Waals surface area contributed by atoms with Crippen LogP contribution in [0.4, 0.5) is 0 Å². The first-order valence-corrected chi connectivity index (χ1v) is 10.3. The maximum atomic E-state index is 12.8. The standard InChI is InChI=1S/C21H23N3O3S/c1-14-19(28-13-23-14)21(25)24-9-5-7-16(12-24)20-22-11-17(27-20)10-15-6-3-4-8-18(15)26-2/h3-4,6,8,11,13,16H,5,7,9-10,12H2,1-2H3/t16-/m1/s1. The number of oxazole rings is 1. The van der Waals surface area contributed by atoms with E-state index < -0.39 is 0 Å². The maximum absolute atomic E-state index is 12.8. The number of amides is 1. The number of likely N-dealkylation sites (tertiary alicyclic amines) is 1. The molecule has 1 aromatic carbocycles. The van der Waals surface area contributed by atoms with Gasteiger partial charge in [0.2, 0.25) is 0 Å². The highest BCUT2D eigenvalue weighted by molar-refractivity contribution is 7.11. The molecule has 1 amide bonds. The van der Waals surface area contributed by atoms with Crippen LogP contribution in [0.3, 0.4) is 0 Å². The number of rotatable bonds is 5. The minimum atomic E-state index is 0.0606. The summed E-state index contributed by atoms with van der Waals surface area (Å²) in [6, 6.07) is 7.91. The Morgan fingerprint density at radius 2 is 2.21 bits per heavy atom. The van der Waals surface area contributed by atoms with E-state index in [1.165, 1.54) is 11.3 Å². The van der Waals surface area contributed by atoms with Crippen molar-refractivity contribution < 1.29 is 13.9 Å². The van der Waals surface area contributed by atoms with Crippen molar-refractivity contribution in [2.24, 2.45) is 0 Å². The number of carbonyl (C=O) groups is 1. The van der Waals surface area contributed by atoms with E-state index in [0.717, 1.165) is 47.0 Å². The molecule has 0 bridgehead atoms. The zero-order valence-corrected chi connectivity index (χ0v) is 16.9. The second-order valence-corrected chi connectivity index (χ2v) is 7.87. The first kappa shape index (κ1) is 18.7. The SMILES string of the molecule is COc1ccccc1Cc1cnc([C@@H]2CCCN(C(=O)c3scnc3C)C2)o1. The molecule has 2 aromatic heterocycles. The number of benzene rings is 1. The smallest absolute Gasteiger partial charge is 0.265 e. The van der Waals surface area contributed by atoms with Crippen molar-refractivity contribution in [1.29, 1.82) is 0 Å². The number of hydrogen-bond donors (Lipinski definition) is 0. The van der Waals surface area contributed by atoms with Gasteiger partial charge in [0.1, 0.15) is 16.4 Å². The number of carbonyl (C=O) groups excluding carboxylic acids is 1. The van der Waals surface area contributed by atoms with Crippen molar-refractivity contribution in [3.05, 3.63) is 63.8 Å². The fraction of sp³-hybridized carbons (Fsp3) is 0.381. The van der Waals surface area contributed by atoms with Crippen molar-refractivity contribution in [3.8, 4) is 5.75 Å². The maximum Gasteiger partial charge on any atom is 0.265 e. The van der Waals surface area contributed by atoms with Crippen LogP contribution in [-0.4, -0.2) is 41.0 Å². The summed E-state index contributed by atoms with van der Waals surface area (Å²) in [5.41, 5.74) is 3.59. The van der Waals surface area contributed by atoms with Gasteiger partial charge in [-0.15, -0.1) is 11.3 Å². The lowest BCUT2D eigenvalue weighted by atomic mass is 9.98. The molecule has 28 heavy (non-hydrogen) atoms. The molecule has 146 valence electrons. The molecule has 1 fully saturated rings. The van der Waals surface area contributed by atoms with Gasteiger partial charge in [0.15, 0.2) is 5.89 Å². The van der Waals surface area contributed by atoms with Crippen molar-refractivity contribution in [2.45, 2.75) is 32.1 Å². The van der Waals surface area contributed by atoms with Crippen molar-refractivity contribution in [3.63, 3.8) is 0 Å². The van der Waals surface area contributed by atoms with Gasteiger partial charge in [-0.3, -0.25) is 4.79 Å². The number of ether oxygens (including phenoxy) is 1. The summed E-state index contributed by atoms with van der Waals surface area (Å²) < 4.78 is 11.5. The third kappa shape index (κ3) is 3.80. The lowest BCUT2D eigenvalue weighted by Gasteiger charge is -2.31. The molecule has 3 aromatic rings. The molecule has 7 heteroatoms. The number of aromatic nitrogens is 2. The molecule has 0 N–H and O–H groups in total. The number of para-hydroxylation sites is 1. The molecule has 1 atom stereocenters. The summed E-state index contributed by atoms with van der Waals surface area (Å²) in [4.78, 5) is 24.1. The summed E-state index contributed by atoms with van der Waals surface area (Å²) >= 11 is 1.40. The van der Waals surface area contributed by atoms with Crippen LogP contribution < -0.4 is 4.74 Å². The molecule has 0 radical (unpaired) electrons. The minimum Gasteiger partial charge on any atom is -0.496 e. The molecule has 6 nitrogen and oxygen atoms in total. The van der Waals surface area contributed by atoms with Crippen molar-refractivity contribution >= 4 is 17.2 Å². The van der Waals surface area contributed by atoms with E-state index in [1.807, 2.05) is 36.1 Å². The van der Waals surface area contributed by atoms with E-state index in [2.05, 4.69) is 9.97 Å². The Morgan fingerprint density at radius 3 is 3.00 bits per heavy atom. The normalized spacial score (nSPS) is 16.9. The van der Waals surface area contributed by atoms with Gasteiger partial charge in [0.05, 0.1) is 30.4 Å². The van der Waals surface area contributed by atoms with E-state index in [0.29, 0.717) is 18.9 Å². The monoisotopic (exact) mass is 397 g/mol. The predicted octanol–water partition coefficient (Wildman–Crippen LogP) is 4.06. The quantitative estimate of drug-likeness (QED) is 0.649. The molecule has 0 aliphatic carbocycles. The number of nitrogens with zero attached hydrogens (tertiary/aromatic N) is 3. The predicted molar refractivity (Wildman–Crippen MR) is 107 cm³/mol. The van der Waals surface area contributed by atoms with Crippen LogP contribution in [0.1, 0.15) is 51.3 Å². The topological polar surface area (TPSA) is 68.5 Å². The van der Waals surface area contributed by atoms with Gasteiger partial charge in [0.25, 0.3) is 5.91 Å². The Hall–Kier alpha value is -2.67. The highest BCUT2D eigenvalue weighted by Crippen LogP contribution is 2.29. The Bertz CT molecular complexity index is 965. The average molecular weight is 398 g/mol. The van der Waals surface area contributed by atoms with E-state index in [1.54, 1.807) is 18.8 Å². The summed E-state index contributed by atoms with van der Waals surface area (Å²) in [6.07, 6.45) is 4.33. The van der Waals surface area contributed by atoms with Crippen LogP contribution >= 0.6 is 11.3 Å². The van der Waals surface area contributed by atoms with Crippen molar-refractivity contribution in [1.82, 2.24) is 14.9 Å². The molecule has 1 aliphatic rings. The zero-order valence-electron chi connectivity index (χ0n) is 16.1. The van der Waals surface area contributed by atoms with Gasteiger partial charge in [-0.1, -0.05) is 18.2 Å². The van der Waals surface area contributed by atoms with Gasteiger partial charge in [0, 0.05) is 25.1 Å². The van der Waals surface area contributed by atoms with Crippen LogP contribution in [0, 0.1) is 6.92 Å². The highest BCUT2D eigenvalue weighted by Gasteiger charge is 2.29. The van der Waals surface area contributed by atoms with Crippen LogP contribution in [0.25, 0.3) is 0 Å². The molecule has 0 unspecified atom stereocenters. The third-order valence-electron chi connectivity index (χ3n) is 5.13. The fourth-order valence-electron chi connectivity index (χ4n) is 3.64.